The van der Waals surface area contributed by atoms with Gasteiger partial charge in [-0.15, -0.1) is 0 Å². The van der Waals surface area contributed by atoms with Crippen molar-refractivity contribution in [3.63, 3.8) is 0 Å². The monoisotopic (exact) mass is 609 g/mol. The molecule has 0 saturated heterocycles. The number of amides is 1. The first kappa shape index (κ1) is 28.9. The van der Waals surface area contributed by atoms with E-state index in [1.165, 1.54) is 44.8 Å². The summed E-state index contributed by atoms with van der Waals surface area (Å²) in [6.45, 7) is 0. The molecule has 0 radical (unpaired) electrons. The van der Waals surface area contributed by atoms with Crippen molar-refractivity contribution in [1.29, 1.82) is 0 Å². The molecule has 11 heteroatoms. The lowest BCUT2D eigenvalue weighted by atomic mass is 10.1. The van der Waals surface area contributed by atoms with Crippen molar-refractivity contribution in [3.8, 4) is 11.5 Å². The average Bonchev–Trinajstić information content (AvgIpc) is 3.87. The van der Waals surface area contributed by atoms with E-state index in [1.807, 2.05) is 18.2 Å². The second-order valence-corrected chi connectivity index (χ2v) is 12.2. The van der Waals surface area contributed by atoms with Gasteiger partial charge < -0.3 is 20.1 Å². The predicted molar refractivity (Wildman–Crippen MR) is 170 cm³/mol. The maximum atomic E-state index is 13.6. The van der Waals surface area contributed by atoms with Crippen LogP contribution in [0.15, 0.2) is 95.9 Å². The molecular weight excluding hydrogens is 578 g/mol. The molecule has 224 valence electrons. The molecule has 3 N–H and O–H groups in total. The molecule has 1 saturated carbocycles. The van der Waals surface area contributed by atoms with Gasteiger partial charge in [0.1, 0.15) is 11.5 Å². The van der Waals surface area contributed by atoms with E-state index < -0.39 is 10.0 Å². The maximum absolute atomic E-state index is 13.6. The molecule has 0 bridgehead atoms. The number of nitrogens with one attached hydrogen (secondary N) is 3. The lowest BCUT2D eigenvalue weighted by Crippen LogP contribution is -2.17. The summed E-state index contributed by atoms with van der Waals surface area (Å²) in [5.41, 5.74) is 4.18. The van der Waals surface area contributed by atoms with Crippen molar-refractivity contribution in [2.75, 3.05) is 29.6 Å². The highest BCUT2D eigenvalue weighted by Gasteiger charge is 2.23. The van der Waals surface area contributed by atoms with E-state index in [1.54, 1.807) is 48.5 Å². The summed E-state index contributed by atoms with van der Waals surface area (Å²) in [4.78, 5) is 21.9. The first-order valence-electron chi connectivity index (χ1n) is 14.1. The minimum Gasteiger partial charge on any atom is -0.497 e. The van der Waals surface area contributed by atoms with Crippen LogP contribution in [-0.4, -0.2) is 38.5 Å². The molecular formula is C33H31N5O5S. The molecule has 1 heterocycles. The zero-order valence-electron chi connectivity index (χ0n) is 24.2. The molecule has 1 aliphatic rings. The lowest BCUT2D eigenvalue weighted by Gasteiger charge is -2.15. The lowest BCUT2D eigenvalue weighted by molar-refractivity contribution is -0.115. The van der Waals surface area contributed by atoms with Crippen LogP contribution in [0.4, 0.5) is 23.0 Å². The van der Waals surface area contributed by atoms with Gasteiger partial charge in [0, 0.05) is 29.6 Å². The number of aromatic nitrogens is 2. The van der Waals surface area contributed by atoms with E-state index in [4.69, 9.17) is 9.47 Å². The Labute approximate surface area is 255 Å². The van der Waals surface area contributed by atoms with Crippen LogP contribution in [0.5, 0.6) is 11.5 Å². The van der Waals surface area contributed by atoms with Gasteiger partial charge in [0.2, 0.25) is 5.91 Å². The molecule has 0 unspecified atom stereocenters. The Balaban J connectivity index is 1.23. The Bertz CT molecular complexity index is 1920. The largest absolute Gasteiger partial charge is 0.497 e. The number of para-hydroxylation sites is 2. The number of ether oxygens (including phenoxy) is 2. The van der Waals surface area contributed by atoms with E-state index in [2.05, 4.69) is 37.5 Å². The summed E-state index contributed by atoms with van der Waals surface area (Å²) in [6.07, 6.45) is 2.62. The second kappa shape index (κ2) is 12.2. The predicted octanol–water partition coefficient (Wildman–Crippen LogP) is 6.25. The summed E-state index contributed by atoms with van der Waals surface area (Å²) in [7, 11) is -1.06. The number of carbonyl (C=O) groups excluding carboxylic acids is 1. The van der Waals surface area contributed by atoms with E-state index in [9.17, 15) is 13.2 Å². The van der Waals surface area contributed by atoms with Crippen LogP contribution in [0.2, 0.25) is 0 Å². The van der Waals surface area contributed by atoms with Crippen LogP contribution in [0.1, 0.15) is 29.9 Å². The maximum Gasteiger partial charge on any atom is 0.263 e. The SMILES string of the molecule is COc1cc(Nc2nc3ccccc3nc2NS(=O)(=O)c2cccc(NC(=O)Cc3ccc(C4CC4)cc3)c2)cc(OC)c1. The number of carbonyl (C=O) groups is 1. The average molecular weight is 610 g/mol. The Kier molecular flexibility index (Phi) is 8.03. The third-order valence-electron chi connectivity index (χ3n) is 7.24. The Morgan fingerprint density at radius 2 is 1.45 bits per heavy atom. The van der Waals surface area contributed by atoms with Crippen molar-refractivity contribution >= 4 is 50.0 Å². The topological polar surface area (TPSA) is 132 Å². The van der Waals surface area contributed by atoms with E-state index in [-0.39, 0.29) is 28.9 Å². The first-order chi connectivity index (χ1) is 21.3. The Morgan fingerprint density at radius 1 is 0.795 bits per heavy atom. The highest BCUT2D eigenvalue weighted by atomic mass is 32.2. The molecule has 1 aliphatic carbocycles. The second-order valence-electron chi connectivity index (χ2n) is 10.5. The van der Waals surface area contributed by atoms with Gasteiger partial charge in [0.15, 0.2) is 11.6 Å². The van der Waals surface area contributed by atoms with Gasteiger partial charge in [-0.3, -0.25) is 9.52 Å². The summed E-state index contributed by atoms with van der Waals surface area (Å²) in [6, 6.07) is 26.5. The summed E-state index contributed by atoms with van der Waals surface area (Å²) >= 11 is 0. The zero-order chi connectivity index (χ0) is 30.7. The van der Waals surface area contributed by atoms with Crippen molar-refractivity contribution in [2.24, 2.45) is 0 Å². The number of fused-ring (bicyclic) bond motifs is 1. The van der Waals surface area contributed by atoms with Crippen LogP contribution in [0, 0.1) is 0 Å². The molecule has 1 amide bonds. The Morgan fingerprint density at radius 3 is 2.09 bits per heavy atom. The number of sulfonamides is 1. The fourth-order valence-corrected chi connectivity index (χ4v) is 5.87. The van der Waals surface area contributed by atoms with Gasteiger partial charge >= 0.3 is 0 Å². The normalized spacial score (nSPS) is 12.9. The third kappa shape index (κ3) is 6.73. The standard InChI is InChI=1S/C33H31N5O5S/c1-42-26-17-25(18-27(20-26)43-2)35-32-33(37-30-9-4-3-8-29(30)36-32)38-44(40,41)28-7-5-6-24(19-28)34-31(39)16-21-10-12-22(13-11-21)23-14-15-23/h3-13,17-20,23H,14-16H2,1-2H3,(H,34,39)(H,35,36)(H,37,38). The van der Waals surface area contributed by atoms with Gasteiger partial charge in [-0.1, -0.05) is 42.5 Å². The van der Waals surface area contributed by atoms with E-state index in [0.717, 1.165) is 5.56 Å². The molecule has 0 spiro atoms. The minimum atomic E-state index is -4.14. The van der Waals surface area contributed by atoms with E-state index >= 15 is 0 Å². The van der Waals surface area contributed by atoms with Gasteiger partial charge in [0.05, 0.1) is 36.6 Å². The summed E-state index contributed by atoms with van der Waals surface area (Å²) in [5.74, 6) is 1.66. The molecule has 44 heavy (non-hydrogen) atoms. The van der Waals surface area contributed by atoms with Gasteiger partial charge in [-0.2, -0.15) is 0 Å². The molecule has 4 aromatic carbocycles. The highest BCUT2D eigenvalue weighted by molar-refractivity contribution is 7.92. The van der Waals surface area contributed by atoms with Crippen molar-refractivity contribution in [1.82, 2.24) is 9.97 Å². The highest BCUT2D eigenvalue weighted by Crippen LogP contribution is 2.40. The smallest absolute Gasteiger partial charge is 0.263 e. The number of benzene rings is 4. The molecule has 5 aromatic rings. The van der Waals surface area contributed by atoms with Crippen LogP contribution in [-0.2, 0) is 21.2 Å². The molecule has 1 aromatic heterocycles. The molecule has 0 aliphatic heterocycles. The summed E-state index contributed by atoms with van der Waals surface area (Å²) in [5, 5.41) is 5.96. The number of hydrogen-bond acceptors (Lipinski definition) is 8. The minimum absolute atomic E-state index is 0.00503. The number of anilines is 4. The van der Waals surface area contributed by atoms with E-state index in [0.29, 0.717) is 39.8 Å². The van der Waals surface area contributed by atoms with Crippen LogP contribution in [0.25, 0.3) is 11.0 Å². The van der Waals surface area contributed by atoms with Crippen LogP contribution in [0.3, 0.4) is 0 Å². The molecule has 10 nitrogen and oxygen atoms in total. The van der Waals surface area contributed by atoms with Crippen molar-refractivity contribution in [3.05, 3.63) is 102 Å². The first-order valence-corrected chi connectivity index (χ1v) is 15.6. The van der Waals surface area contributed by atoms with Gasteiger partial charge in [-0.25, -0.2) is 18.4 Å². The molecule has 6 rings (SSSR count). The van der Waals surface area contributed by atoms with Crippen LogP contribution < -0.4 is 24.8 Å². The summed E-state index contributed by atoms with van der Waals surface area (Å²) < 4.78 is 40.5. The van der Waals surface area contributed by atoms with Crippen molar-refractivity contribution < 1.29 is 22.7 Å². The van der Waals surface area contributed by atoms with Crippen molar-refractivity contribution in [2.45, 2.75) is 30.1 Å². The number of nitrogens with zero attached hydrogens (tertiary/aromatic N) is 2. The zero-order valence-corrected chi connectivity index (χ0v) is 25.0. The van der Waals surface area contributed by atoms with Gasteiger partial charge in [0.25, 0.3) is 10.0 Å². The molecule has 1 fully saturated rings. The molecule has 0 atom stereocenters. The number of hydrogen-bond donors (Lipinski definition) is 3. The van der Waals surface area contributed by atoms with Crippen LogP contribution >= 0.6 is 0 Å². The number of methoxy groups -OCH3 is 2. The quantitative estimate of drug-likeness (QED) is 0.160. The Hall–Kier alpha value is -5.16. The number of rotatable bonds is 11. The fourth-order valence-electron chi connectivity index (χ4n) is 4.82. The fraction of sp³-hybridized carbons (Fsp3) is 0.182. The van der Waals surface area contributed by atoms with Gasteiger partial charge in [-0.05, 0) is 60.2 Å². The third-order valence-corrected chi connectivity index (χ3v) is 8.57.